The maximum Gasteiger partial charge on any atom is 0.138 e. The van der Waals surface area contributed by atoms with Gasteiger partial charge in [-0.1, -0.05) is 30.3 Å². The second kappa shape index (κ2) is 2.94. The number of fused-ring (bicyclic) bond motifs is 1. The van der Waals surface area contributed by atoms with Gasteiger partial charge in [0.2, 0.25) is 0 Å². The largest absolute Gasteiger partial charge is 0.249 e. The lowest BCUT2D eigenvalue weighted by Gasteiger charge is -2.06. The monoisotopic (exact) mass is 185 g/mol. The Kier molecular flexibility index (Phi) is 1.63. The second-order valence-corrected chi connectivity index (χ2v) is 3.59. The average Bonchev–Trinajstić information content (AvgIpc) is 2.79. The van der Waals surface area contributed by atoms with E-state index in [0.717, 1.165) is 18.8 Å². The highest BCUT2D eigenvalue weighted by Gasteiger charge is 2.25. The highest BCUT2D eigenvalue weighted by atomic mass is 15.3. The molecule has 3 nitrogen and oxygen atoms in total. The van der Waals surface area contributed by atoms with Crippen LogP contribution < -0.4 is 0 Å². The molecule has 1 aliphatic heterocycles. The Balaban J connectivity index is 2.03. The van der Waals surface area contributed by atoms with Crippen molar-refractivity contribution in [2.45, 2.75) is 18.9 Å². The predicted molar refractivity (Wildman–Crippen MR) is 52.9 cm³/mol. The number of hydrogen-bond acceptors (Lipinski definition) is 2. The maximum absolute atomic E-state index is 4.31. The minimum Gasteiger partial charge on any atom is -0.249 e. The van der Waals surface area contributed by atoms with Gasteiger partial charge in [0, 0.05) is 12.5 Å². The van der Waals surface area contributed by atoms with E-state index in [2.05, 4.69) is 34.3 Å². The predicted octanol–water partition coefficient (Wildman–Crippen LogP) is 1.81. The van der Waals surface area contributed by atoms with Crippen molar-refractivity contribution in [3.8, 4) is 0 Å². The van der Waals surface area contributed by atoms with Gasteiger partial charge in [0.1, 0.15) is 12.2 Å². The Hall–Kier alpha value is -1.64. The van der Waals surface area contributed by atoms with Gasteiger partial charge < -0.3 is 0 Å². The summed E-state index contributed by atoms with van der Waals surface area (Å²) in [5, 5.41) is 4.18. The summed E-state index contributed by atoms with van der Waals surface area (Å²) >= 11 is 0. The summed E-state index contributed by atoms with van der Waals surface area (Å²) < 4.78 is 2.00. The topological polar surface area (TPSA) is 30.7 Å². The minimum absolute atomic E-state index is 0.443. The zero-order valence-electron chi connectivity index (χ0n) is 7.80. The molecule has 70 valence electrons. The van der Waals surface area contributed by atoms with E-state index in [1.807, 2.05) is 10.7 Å². The van der Waals surface area contributed by atoms with Crippen LogP contribution in [-0.2, 0) is 6.54 Å². The number of aromatic nitrogens is 3. The normalized spacial score (nSPS) is 19.6. The van der Waals surface area contributed by atoms with E-state index in [4.69, 9.17) is 0 Å². The summed E-state index contributed by atoms with van der Waals surface area (Å²) in [6, 6.07) is 10.5. The quantitative estimate of drug-likeness (QED) is 0.678. The minimum atomic E-state index is 0.443. The van der Waals surface area contributed by atoms with Gasteiger partial charge in [0.05, 0.1) is 0 Å². The van der Waals surface area contributed by atoms with Crippen LogP contribution in [0.1, 0.15) is 23.7 Å². The van der Waals surface area contributed by atoms with Crippen molar-refractivity contribution in [1.82, 2.24) is 14.8 Å². The molecule has 0 amide bonds. The van der Waals surface area contributed by atoms with Crippen molar-refractivity contribution < 1.29 is 0 Å². The second-order valence-electron chi connectivity index (χ2n) is 3.59. The summed E-state index contributed by atoms with van der Waals surface area (Å²) in [5.74, 6) is 1.55. The number of hydrogen-bond donors (Lipinski definition) is 0. The average molecular weight is 185 g/mol. The van der Waals surface area contributed by atoms with E-state index in [-0.39, 0.29) is 0 Å². The van der Waals surface area contributed by atoms with Gasteiger partial charge in [0.25, 0.3) is 0 Å². The van der Waals surface area contributed by atoms with Crippen molar-refractivity contribution in [3.05, 3.63) is 48.0 Å². The first-order valence-electron chi connectivity index (χ1n) is 4.88. The van der Waals surface area contributed by atoms with Crippen molar-refractivity contribution in [2.75, 3.05) is 0 Å². The zero-order valence-corrected chi connectivity index (χ0v) is 7.80. The van der Waals surface area contributed by atoms with Crippen LogP contribution in [0.4, 0.5) is 0 Å². The Morgan fingerprint density at radius 2 is 2.07 bits per heavy atom. The molecule has 0 saturated heterocycles. The van der Waals surface area contributed by atoms with Gasteiger partial charge in [-0.05, 0) is 12.0 Å². The van der Waals surface area contributed by atoms with Crippen LogP contribution in [0.5, 0.6) is 0 Å². The molecule has 0 unspecified atom stereocenters. The number of aryl methyl sites for hydroxylation is 1. The highest BCUT2D eigenvalue weighted by molar-refractivity contribution is 5.26. The fraction of sp³-hybridized carbons (Fsp3) is 0.273. The lowest BCUT2D eigenvalue weighted by molar-refractivity contribution is 0.649. The van der Waals surface area contributed by atoms with Gasteiger partial charge >= 0.3 is 0 Å². The summed E-state index contributed by atoms with van der Waals surface area (Å²) in [6.45, 7) is 0.995. The van der Waals surface area contributed by atoms with Crippen LogP contribution in [0, 0.1) is 0 Å². The van der Waals surface area contributed by atoms with Gasteiger partial charge in [-0.3, -0.25) is 0 Å². The van der Waals surface area contributed by atoms with Gasteiger partial charge in [0.15, 0.2) is 0 Å². The molecule has 3 rings (SSSR count). The molecule has 0 aliphatic carbocycles. The summed E-state index contributed by atoms with van der Waals surface area (Å²) in [6.07, 6.45) is 2.77. The molecule has 0 radical (unpaired) electrons. The van der Waals surface area contributed by atoms with E-state index in [1.54, 1.807) is 6.33 Å². The first-order chi connectivity index (χ1) is 6.95. The third-order valence-corrected chi connectivity index (χ3v) is 2.79. The molecule has 0 saturated carbocycles. The fourth-order valence-electron chi connectivity index (χ4n) is 2.10. The molecule has 0 N–H and O–H groups in total. The number of nitrogens with zero attached hydrogens (tertiary/aromatic N) is 3. The molecular formula is C11H11N3. The van der Waals surface area contributed by atoms with E-state index >= 15 is 0 Å². The molecule has 2 aromatic rings. The van der Waals surface area contributed by atoms with Crippen molar-refractivity contribution in [2.24, 2.45) is 0 Å². The molecule has 14 heavy (non-hydrogen) atoms. The Bertz CT molecular complexity index is 433. The molecule has 0 fully saturated rings. The van der Waals surface area contributed by atoms with Gasteiger partial charge in [-0.15, -0.1) is 0 Å². The van der Waals surface area contributed by atoms with E-state index < -0.39 is 0 Å². The molecule has 1 atom stereocenters. The molecule has 1 aliphatic rings. The lowest BCUT2D eigenvalue weighted by Crippen LogP contribution is -1.98. The lowest BCUT2D eigenvalue weighted by atomic mass is 9.97. The van der Waals surface area contributed by atoms with Gasteiger partial charge in [-0.25, -0.2) is 9.67 Å². The van der Waals surface area contributed by atoms with E-state index in [1.165, 1.54) is 5.56 Å². The molecule has 2 heterocycles. The van der Waals surface area contributed by atoms with Crippen LogP contribution in [0.3, 0.4) is 0 Å². The number of rotatable bonds is 1. The van der Waals surface area contributed by atoms with Crippen LogP contribution >= 0.6 is 0 Å². The molecule has 1 aromatic heterocycles. The molecule has 1 aromatic carbocycles. The molecule has 0 bridgehead atoms. The Morgan fingerprint density at radius 3 is 2.93 bits per heavy atom. The fourth-order valence-corrected chi connectivity index (χ4v) is 2.10. The van der Waals surface area contributed by atoms with Crippen molar-refractivity contribution >= 4 is 0 Å². The Morgan fingerprint density at radius 1 is 1.21 bits per heavy atom. The summed E-state index contributed by atoms with van der Waals surface area (Å²) in [7, 11) is 0. The third kappa shape index (κ3) is 1.05. The summed E-state index contributed by atoms with van der Waals surface area (Å²) in [4.78, 5) is 4.31. The maximum atomic E-state index is 4.31. The van der Waals surface area contributed by atoms with E-state index in [0.29, 0.717) is 5.92 Å². The Labute approximate surface area is 82.4 Å². The standard InChI is InChI=1S/C11H11N3/c1-2-4-9(5-3-1)10-6-7-14-11(10)12-8-13-14/h1-5,8,10H,6-7H2/t10-/m0/s1. The van der Waals surface area contributed by atoms with Crippen molar-refractivity contribution in [1.29, 1.82) is 0 Å². The van der Waals surface area contributed by atoms with Crippen LogP contribution in [-0.4, -0.2) is 14.8 Å². The van der Waals surface area contributed by atoms with Crippen LogP contribution in [0.2, 0.25) is 0 Å². The molecule has 3 heteroatoms. The summed E-state index contributed by atoms with van der Waals surface area (Å²) in [5.41, 5.74) is 1.35. The van der Waals surface area contributed by atoms with Crippen LogP contribution in [0.15, 0.2) is 36.7 Å². The van der Waals surface area contributed by atoms with E-state index in [9.17, 15) is 0 Å². The van der Waals surface area contributed by atoms with Crippen LogP contribution in [0.25, 0.3) is 0 Å². The van der Waals surface area contributed by atoms with Gasteiger partial charge in [-0.2, -0.15) is 5.10 Å². The van der Waals surface area contributed by atoms with Crippen molar-refractivity contribution in [3.63, 3.8) is 0 Å². The SMILES string of the molecule is c1ccc([C@@H]2CCn3ncnc32)cc1. The highest BCUT2D eigenvalue weighted by Crippen LogP contribution is 2.31. The third-order valence-electron chi connectivity index (χ3n) is 2.79. The first-order valence-corrected chi connectivity index (χ1v) is 4.88. The molecular weight excluding hydrogens is 174 g/mol. The first kappa shape index (κ1) is 7.74. The molecule has 0 spiro atoms. The zero-order chi connectivity index (χ0) is 9.38. The number of benzene rings is 1. The smallest absolute Gasteiger partial charge is 0.138 e.